The standard InChI is InChI=1S/C25H27ClFN7O4S/c1-13-7-17-21(10-19(13)27)33(23(14(2)35)24(17)34-6-5-28-39(34,37)38)11-15-8-16-20(9-18(15)26)30-31-25(16)29-22(36)12-32(3)4/h7-10,28H,5-6,11-12H2,1-4H3,(H2,29,30,31,36). The van der Waals surface area contributed by atoms with Gasteiger partial charge in [0.05, 0.1) is 23.3 Å². The first-order valence-corrected chi connectivity index (χ1v) is 13.9. The van der Waals surface area contributed by atoms with Crippen LogP contribution in [0.4, 0.5) is 15.9 Å². The molecule has 1 saturated heterocycles. The number of ketones is 1. The summed E-state index contributed by atoms with van der Waals surface area (Å²) in [5.74, 6) is -0.822. The van der Waals surface area contributed by atoms with Gasteiger partial charge in [-0.2, -0.15) is 18.2 Å². The number of aromatic nitrogens is 3. The van der Waals surface area contributed by atoms with Gasteiger partial charge in [0.25, 0.3) is 0 Å². The topological polar surface area (TPSA) is 132 Å². The lowest BCUT2D eigenvalue weighted by molar-refractivity contribution is -0.116. The predicted octanol–water partition coefficient (Wildman–Crippen LogP) is 3.02. The lowest BCUT2D eigenvalue weighted by atomic mass is 10.1. The maximum atomic E-state index is 14.8. The molecule has 3 N–H and O–H groups in total. The second kappa shape index (κ2) is 9.90. The van der Waals surface area contributed by atoms with Gasteiger partial charge in [-0.15, -0.1) is 0 Å². The summed E-state index contributed by atoms with van der Waals surface area (Å²) in [6.07, 6.45) is 0. The number of aromatic amines is 1. The van der Waals surface area contributed by atoms with Gasteiger partial charge in [-0.25, -0.2) is 4.39 Å². The van der Waals surface area contributed by atoms with Crippen LogP contribution in [0.1, 0.15) is 28.5 Å². The Morgan fingerprint density at radius 2 is 1.95 bits per heavy atom. The molecular formula is C25H27ClFN7O4S. The van der Waals surface area contributed by atoms with Crippen LogP contribution < -0.4 is 14.3 Å². The molecule has 5 rings (SSSR count). The van der Waals surface area contributed by atoms with Crippen molar-refractivity contribution in [3.63, 3.8) is 0 Å². The van der Waals surface area contributed by atoms with Crippen LogP contribution >= 0.6 is 11.6 Å². The van der Waals surface area contributed by atoms with Crippen LogP contribution in [0.3, 0.4) is 0 Å². The zero-order valence-electron chi connectivity index (χ0n) is 21.7. The van der Waals surface area contributed by atoms with Gasteiger partial charge in [-0.05, 0) is 56.4 Å². The SMILES string of the molecule is CC(=O)c1c(N2CCNS2(=O)=O)c2cc(C)c(F)cc2n1Cc1cc2c(NC(=O)CN(C)C)n[nH]c2cc1Cl. The number of likely N-dealkylation sites (N-methyl/N-ethyl adjacent to an activating group) is 1. The van der Waals surface area contributed by atoms with Crippen LogP contribution in [-0.2, 0) is 21.5 Å². The molecule has 0 aliphatic carbocycles. The van der Waals surface area contributed by atoms with Gasteiger partial charge in [0.15, 0.2) is 11.6 Å². The third kappa shape index (κ3) is 4.86. The van der Waals surface area contributed by atoms with Gasteiger partial charge < -0.3 is 14.8 Å². The molecule has 1 aliphatic rings. The molecule has 1 fully saturated rings. The van der Waals surface area contributed by atoms with E-state index in [0.29, 0.717) is 43.8 Å². The molecule has 1 amide bonds. The monoisotopic (exact) mass is 575 g/mol. The lowest BCUT2D eigenvalue weighted by Gasteiger charge is -2.18. The highest BCUT2D eigenvalue weighted by atomic mass is 35.5. The Morgan fingerprint density at radius 3 is 2.59 bits per heavy atom. The molecule has 4 aromatic rings. The number of carbonyl (C=O) groups is 2. The molecule has 2 aromatic heterocycles. The lowest BCUT2D eigenvalue weighted by Crippen LogP contribution is -2.30. The van der Waals surface area contributed by atoms with Gasteiger partial charge in [0.2, 0.25) is 5.91 Å². The molecule has 14 heteroatoms. The summed E-state index contributed by atoms with van der Waals surface area (Å²) in [6.45, 7) is 3.41. The Kier molecular flexibility index (Phi) is 6.87. The van der Waals surface area contributed by atoms with Gasteiger partial charge >= 0.3 is 10.2 Å². The minimum absolute atomic E-state index is 0.0280. The first kappa shape index (κ1) is 27.1. The van der Waals surface area contributed by atoms with Crippen molar-refractivity contribution in [1.82, 2.24) is 24.4 Å². The fraction of sp³-hybridized carbons (Fsp3) is 0.320. The zero-order valence-corrected chi connectivity index (χ0v) is 23.3. The van der Waals surface area contributed by atoms with E-state index in [1.807, 2.05) is 0 Å². The number of carbonyl (C=O) groups excluding carboxylic acids is 2. The van der Waals surface area contributed by atoms with Crippen molar-refractivity contribution in [2.45, 2.75) is 20.4 Å². The van der Waals surface area contributed by atoms with Gasteiger partial charge in [-0.3, -0.25) is 19.0 Å². The number of rotatable bonds is 7. The molecule has 1 aliphatic heterocycles. The average Bonchev–Trinajstić information content (AvgIpc) is 3.47. The van der Waals surface area contributed by atoms with Crippen molar-refractivity contribution >= 4 is 66.8 Å². The smallest absolute Gasteiger partial charge is 0.301 e. The molecule has 39 heavy (non-hydrogen) atoms. The molecule has 0 radical (unpaired) electrons. The third-order valence-electron chi connectivity index (χ3n) is 6.57. The number of hydrogen-bond acceptors (Lipinski definition) is 6. The molecular weight excluding hydrogens is 549 g/mol. The molecule has 11 nitrogen and oxygen atoms in total. The molecule has 0 unspecified atom stereocenters. The highest BCUT2D eigenvalue weighted by molar-refractivity contribution is 7.91. The number of anilines is 2. The predicted molar refractivity (Wildman–Crippen MR) is 148 cm³/mol. The van der Waals surface area contributed by atoms with Crippen molar-refractivity contribution in [2.24, 2.45) is 0 Å². The zero-order chi connectivity index (χ0) is 28.2. The number of halogens is 2. The number of fused-ring (bicyclic) bond motifs is 2. The second-order valence-electron chi connectivity index (χ2n) is 9.78. The Morgan fingerprint density at radius 1 is 1.21 bits per heavy atom. The van der Waals surface area contributed by atoms with Crippen molar-refractivity contribution < 1.29 is 22.4 Å². The Labute approximate surface area is 229 Å². The number of hydrogen-bond donors (Lipinski definition) is 3. The number of amides is 1. The van der Waals surface area contributed by atoms with E-state index in [1.54, 1.807) is 48.7 Å². The summed E-state index contributed by atoms with van der Waals surface area (Å²) < 4.78 is 45.6. The summed E-state index contributed by atoms with van der Waals surface area (Å²) in [5.41, 5.74) is 2.13. The van der Waals surface area contributed by atoms with E-state index in [-0.39, 0.29) is 43.5 Å². The van der Waals surface area contributed by atoms with Crippen LogP contribution in [0, 0.1) is 12.7 Å². The van der Waals surface area contributed by atoms with Crippen LogP contribution in [-0.4, -0.2) is 73.5 Å². The summed E-state index contributed by atoms with van der Waals surface area (Å²) in [5, 5.41) is 11.2. The number of nitrogens with zero attached hydrogens (tertiary/aromatic N) is 4. The molecule has 0 saturated carbocycles. The van der Waals surface area contributed by atoms with Crippen molar-refractivity contribution in [3.8, 4) is 0 Å². The highest BCUT2D eigenvalue weighted by Crippen LogP contribution is 2.39. The Balaban J connectivity index is 1.68. The second-order valence-corrected chi connectivity index (χ2v) is 11.9. The number of Topliss-reactive ketones (excluding diaryl/α,β-unsaturated/α-hetero) is 1. The Hall–Kier alpha value is -3.52. The minimum Gasteiger partial charge on any atom is -0.332 e. The number of benzene rings is 2. The van der Waals surface area contributed by atoms with E-state index in [1.165, 1.54) is 13.0 Å². The van der Waals surface area contributed by atoms with E-state index in [0.717, 1.165) is 4.31 Å². The van der Waals surface area contributed by atoms with Crippen molar-refractivity contribution in [2.75, 3.05) is 43.4 Å². The molecule has 3 heterocycles. The normalized spacial score (nSPS) is 15.1. The van der Waals surface area contributed by atoms with E-state index in [2.05, 4.69) is 20.2 Å². The minimum atomic E-state index is -3.88. The maximum absolute atomic E-state index is 14.8. The molecule has 206 valence electrons. The van der Waals surface area contributed by atoms with E-state index < -0.39 is 21.8 Å². The van der Waals surface area contributed by atoms with Crippen molar-refractivity contribution in [3.05, 3.63) is 51.9 Å². The number of nitrogens with one attached hydrogen (secondary N) is 3. The fourth-order valence-corrected chi connectivity index (χ4v) is 6.35. The van der Waals surface area contributed by atoms with Crippen LogP contribution in [0.25, 0.3) is 21.8 Å². The van der Waals surface area contributed by atoms with Gasteiger partial charge in [0.1, 0.15) is 11.5 Å². The van der Waals surface area contributed by atoms with E-state index >= 15 is 0 Å². The fourth-order valence-electron chi connectivity index (χ4n) is 4.87. The van der Waals surface area contributed by atoms with Crippen LogP contribution in [0.15, 0.2) is 24.3 Å². The quantitative estimate of drug-likeness (QED) is 0.290. The first-order valence-electron chi connectivity index (χ1n) is 12.1. The van der Waals surface area contributed by atoms with Crippen molar-refractivity contribution in [1.29, 1.82) is 0 Å². The highest BCUT2D eigenvalue weighted by Gasteiger charge is 2.35. The maximum Gasteiger partial charge on any atom is 0.301 e. The third-order valence-corrected chi connectivity index (χ3v) is 8.43. The summed E-state index contributed by atoms with van der Waals surface area (Å²) in [6, 6.07) is 6.24. The molecule has 0 spiro atoms. The van der Waals surface area contributed by atoms with Crippen LogP contribution in [0.5, 0.6) is 0 Å². The number of aryl methyl sites for hydroxylation is 1. The Bertz CT molecular complexity index is 1760. The van der Waals surface area contributed by atoms with Crippen LogP contribution in [0.2, 0.25) is 5.02 Å². The largest absolute Gasteiger partial charge is 0.332 e. The van der Waals surface area contributed by atoms with E-state index in [9.17, 15) is 22.4 Å². The van der Waals surface area contributed by atoms with Gasteiger partial charge in [0, 0.05) is 42.4 Å². The molecule has 0 atom stereocenters. The molecule has 0 bridgehead atoms. The average molecular weight is 576 g/mol. The summed E-state index contributed by atoms with van der Waals surface area (Å²) in [4.78, 5) is 27.1. The summed E-state index contributed by atoms with van der Waals surface area (Å²) >= 11 is 6.63. The van der Waals surface area contributed by atoms with E-state index in [4.69, 9.17) is 11.6 Å². The van der Waals surface area contributed by atoms with Gasteiger partial charge in [-0.1, -0.05) is 11.6 Å². The number of H-pyrrole nitrogens is 1. The summed E-state index contributed by atoms with van der Waals surface area (Å²) in [7, 11) is -0.336. The molecule has 2 aromatic carbocycles. The first-order chi connectivity index (χ1) is 18.4.